The molecule has 0 aliphatic heterocycles. The number of fused-ring (bicyclic) bond motifs is 1. The average Bonchev–Trinajstić information content (AvgIpc) is 2.41. The summed E-state index contributed by atoms with van der Waals surface area (Å²) >= 11 is 0. The lowest BCUT2D eigenvalue weighted by molar-refractivity contribution is -0.132. The van der Waals surface area contributed by atoms with Crippen molar-refractivity contribution in [3.63, 3.8) is 0 Å². The van der Waals surface area contributed by atoms with Crippen LogP contribution in [-0.2, 0) is 16.0 Å². The Morgan fingerprint density at radius 2 is 2.05 bits per heavy atom. The van der Waals surface area contributed by atoms with Gasteiger partial charge in [0.15, 0.2) is 0 Å². The van der Waals surface area contributed by atoms with E-state index in [1.807, 2.05) is 37.3 Å². The number of rotatable bonds is 5. The number of hydrogen-bond donors (Lipinski definition) is 0. The molecule has 2 rings (SSSR count). The first-order valence-corrected chi connectivity index (χ1v) is 6.76. The normalized spacial score (nSPS) is 10.5. The van der Waals surface area contributed by atoms with Gasteiger partial charge in [-0.15, -0.1) is 0 Å². The van der Waals surface area contributed by atoms with Crippen molar-refractivity contribution in [3.8, 4) is 5.75 Å². The molecule has 0 saturated heterocycles. The molecular weight excluding hydrogens is 252 g/mol. The Morgan fingerprint density at radius 3 is 2.75 bits per heavy atom. The van der Waals surface area contributed by atoms with Gasteiger partial charge in [-0.25, -0.2) is 0 Å². The molecule has 0 saturated carbocycles. The maximum atomic E-state index is 11.3. The first-order valence-electron chi connectivity index (χ1n) is 6.76. The molecule has 0 fully saturated rings. The highest BCUT2D eigenvalue weighted by atomic mass is 16.5. The molecule has 0 radical (unpaired) electrons. The number of benzene rings is 2. The van der Waals surface area contributed by atoms with E-state index in [9.17, 15) is 9.59 Å². The predicted molar refractivity (Wildman–Crippen MR) is 79.0 cm³/mol. The van der Waals surface area contributed by atoms with Crippen LogP contribution in [0.25, 0.3) is 10.8 Å². The Kier molecular flexibility index (Phi) is 4.51. The molecule has 0 amide bonds. The number of aryl methyl sites for hydroxylation is 2. The quantitative estimate of drug-likeness (QED) is 0.361. The summed E-state index contributed by atoms with van der Waals surface area (Å²) in [5.74, 6) is 0.321. The second-order valence-corrected chi connectivity index (χ2v) is 4.87. The molecule has 0 N–H and O–H groups in total. The number of hydrogen-bond acceptors (Lipinski definition) is 3. The average molecular weight is 270 g/mol. The largest absolute Gasteiger partial charge is 0.426 e. The van der Waals surface area contributed by atoms with Crippen LogP contribution < -0.4 is 4.74 Å². The van der Waals surface area contributed by atoms with Crippen LogP contribution in [0, 0.1) is 6.92 Å². The molecule has 3 heteroatoms. The van der Waals surface area contributed by atoms with Gasteiger partial charge in [-0.3, -0.25) is 4.79 Å². The van der Waals surface area contributed by atoms with Crippen molar-refractivity contribution in [2.75, 3.05) is 0 Å². The summed E-state index contributed by atoms with van der Waals surface area (Å²) < 4.78 is 5.39. The smallest absolute Gasteiger partial charge is 0.308 e. The van der Waals surface area contributed by atoms with Crippen LogP contribution in [0.2, 0.25) is 0 Å². The van der Waals surface area contributed by atoms with Gasteiger partial charge in [0, 0.05) is 18.9 Å². The van der Waals surface area contributed by atoms with Crippen molar-refractivity contribution in [1.82, 2.24) is 0 Å². The minimum atomic E-state index is -0.319. The molecule has 0 aliphatic rings. The van der Waals surface area contributed by atoms with E-state index in [1.165, 1.54) is 6.92 Å². The molecule has 0 atom stereocenters. The van der Waals surface area contributed by atoms with Gasteiger partial charge in [0.25, 0.3) is 0 Å². The maximum absolute atomic E-state index is 11.3. The van der Waals surface area contributed by atoms with Crippen LogP contribution >= 0.6 is 0 Å². The molecule has 0 aliphatic carbocycles. The third kappa shape index (κ3) is 3.05. The molecule has 0 unspecified atom stereocenters. The van der Waals surface area contributed by atoms with E-state index in [4.69, 9.17) is 4.74 Å². The number of aldehydes is 1. The lowest BCUT2D eigenvalue weighted by atomic mass is 9.96. The number of ether oxygens (including phenoxy) is 1. The fraction of sp³-hybridized carbons (Fsp3) is 0.294. The third-order valence-corrected chi connectivity index (χ3v) is 3.28. The summed E-state index contributed by atoms with van der Waals surface area (Å²) in [6.07, 6.45) is 2.92. The molecule has 0 spiro atoms. The van der Waals surface area contributed by atoms with E-state index in [2.05, 4.69) is 0 Å². The van der Waals surface area contributed by atoms with Gasteiger partial charge < -0.3 is 9.53 Å². The Bertz CT molecular complexity index is 644. The van der Waals surface area contributed by atoms with Gasteiger partial charge in [0.05, 0.1) is 0 Å². The maximum Gasteiger partial charge on any atom is 0.308 e. The molecule has 20 heavy (non-hydrogen) atoms. The molecule has 0 heterocycles. The van der Waals surface area contributed by atoms with E-state index in [0.29, 0.717) is 12.2 Å². The van der Waals surface area contributed by atoms with Crippen molar-refractivity contribution in [3.05, 3.63) is 41.5 Å². The fourth-order valence-electron chi connectivity index (χ4n) is 2.45. The van der Waals surface area contributed by atoms with Crippen LogP contribution in [-0.4, -0.2) is 12.3 Å². The molecule has 2 aromatic carbocycles. The topological polar surface area (TPSA) is 43.4 Å². The Balaban J connectivity index is 2.55. The number of esters is 1. The van der Waals surface area contributed by atoms with E-state index >= 15 is 0 Å². The zero-order valence-electron chi connectivity index (χ0n) is 11.8. The van der Waals surface area contributed by atoms with Crippen molar-refractivity contribution >= 4 is 23.0 Å². The fourth-order valence-corrected chi connectivity index (χ4v) is 2.45. The van der Waals surface area contributed by atoms with Crippen LogP contribution in [0.4, 0.5) is 0 Å². The highest BCUT2D eigenvalue weighted by Gasteiger charge is 2.13. The van der Waals surface area contributed by atoms with E-state index in [1.54, 1.807) is 0 Å². The number of carbonyl (C=O) groups is 2. The zero-order valence-corrected chi connectivity index (χ0v) is 11.8. The summed E-state index contributed by atoms with van der Waals surface area (Å²) in [4.78, 5) is 21.8. The van der Waals surface area contributed by atoms with Crippen LogP contribution in [0.1, 0.15) is 30.9 Å². The van der Waals surface area contributed by atoms with Gasteiger partial charge in [0.1, 0.15) is 12.0 Å². The lowest BCUT2D eigenvalue weighted by Gasteiger charge is -2.15. The summed E-state index contributed by atoms with van der Waals surface area (Å²) in [6, 6.07) is 10.1. The summed E-state index contributed by atoms with van der Waals surface area (Å²) in [5, 5.41) is 2.21. The predicted octanol–water partition coefficient (Wildman–Crippen LogP) is 3.60. The minimum Gasteiger partial charge on any atom is -0.426 e. The van der Waals surface area contributed by atoms with E-state index in [0.717, 1.165) is 41.0 Å². The van der Waals surface area contributed by atoms with E-state index in [-0.39, 0.29) is 5.97 Å². The van der Waals surface area contributed by atoms with Crippen LogP contribution in [0.5, 0.6) is 5.75 Å². The van der Waals surface area contributed by atoms with Crippen molar-refractivity contribution in [2.24, 2.45) is 0 Å². The van der Waals surface area contributed by atoms with Crippen LogP contribution in [0.15, 0.2) is 30.3 Å². The highest BCUT2D eigenvalue weighted by molar-refractivity contribution is 5.90. The molecule has 2 aromatic rings. The second-order valence-electron chi connectivity index (χ2n) is 4.87. The molecule has 0 bridgehead atoms. The van der Waals surface area contributed by atoms with Crippen molar-refractivity contribution in [2.45, 2.75) is 33.1 Å². The standard InChI is InChI=1S/C17H18O3/c1-12-11-14-7-3-4-8-15(14)16(9-5-6-10-18)17(12)20-13(2)19/h3-4,7-8,10-11H,5-6,9H2,1-2H3. The molecular formula is C17H18O3. The minimum absolute atomic E-state index is 0.319. The second kappa shape index (κ2) is 6.33. The summed E-state index contributed by atoms with van der Waals surface area (Å²) in [7, 11) is 0. The Hall–Kier alpha value is -2.16. The van der Waals surface area contributed by atoms with Gasteiger partial charge in [-0.05, 0) is 42.2 Å². The molecule has 104 valence electrons. The number of unbranched alkanes of at least 4 members (excludes halogenated alkanes) is 1. The van der Waals surface area contributed by atoms with Crippen molar-refractivity contribution < 1.29 is 14.3 Å². The lowest BCUT2D eigenvalue weighted by Crippen LogP contribution is -2.06. The Morgan fingerprint density at radius 1 is 1.30 bits per heavy atom. The first-order chi connectivity index (χ1) is 9.63. The first kappa shape index (κ1) is 14.3. The van der Waals surface area contributed by atoms with E-state index < -0.39 is 0 Å². The third-order valence-electron chi connectivity index (χ3n) is 3.28. The monoisotopic (exact) mass is 270 g/mol. The SMILES string of the molecule is CC(=O)Oc1c(C)cc2ccccc2c1CCCC=O. The van der Waals surface area contributed by atoms with Gasteiger partial charge in [-0.2, -0.15) is 0 Å². The van der Waals surface area contributed by atoms with Gasteiger partial charge in [0.2, 0.25) is 0 Å². The number of carbonyl (C=O) groups excluding carboxylic acids is 2. The van der Waals surface area contributed by atoms with Gasteiger partial charge in [-0.1, -0.05) is 24.3 Å². The molecule has 0 aromatic heterocycles. The zero-order chi connectivity index (χ0) is 14.5. The summed E-state index contributed by atoms with van der Waals surface area (Å²) in [6.45, 7) is 3.35. The van der Waals surface area contributed by atoms with Crippen LogP contribution in [0.3, 0.4) is 0 Å². The molecule has 3 nitrogen and oxygen atoms in total. The van der Waals surface area contributed by atoms with Crippen molar-refractivity contribution in [1.29, 1.82) is 0 Å². The Labute approximate surface area is 118 Å². The summed E-state index contributed by atoms with van der Waals surface area (Å²) in [5.41, 5.74) is 1.96. The van der Waals surface area contributed by atoms with Gasteiger partial charge >= 0.3 is 5.97 Å². The highest BCUT2D eigenvalue weighted by Crippen LogP contribution is 2.33.